The van der Waals surface area contributed by atoms with E-state index >= 15 is 0 Å². The minimum absolute atomic E-state index is 0. The number of nitrogens with zero attached hydrogens (tertiary/aromatic N) is 1. The van der Waals surface area contributed by atoms with Crippen LogP contribution in [0.5, 0.6) is 0 Å². The van der Waals surface area contributed by atoms with Crippen molar-refractivity contribution in [1.82, 2.24) is 5.32 Å². The van der Waals surface area contributed by atoms with E-state index in [1.54, 1.807) is 0 Å². The van der Waals surface area contributed by atoms with E-state index in [0.29, 0.717) is 0 Å². The fourth-order valence-corrected chi connectivity index (χ4v) is 3.65. The van der Waals surface area contributed by atoms with Crippen LogP contribution in [0.25, 0.3) is 0 Å². The van der Waals surface area contributed by atoms with Crippen molar-refractivity contribution in [3.05, 3.63) is 0 Å². The summed E-state index contributed by atoms with van der Waals surface area (Å²) in [6.45, 7) is 4.43. The Labute approximate surface area is 153 Å². The molecule has 22 heavy (non-hydrogen) atoms. The van der Waals surface area contributed by atoms with E-state index in [0.717, 1.165) is 13.1 Å². The zero-order valence-electron chi connectivity index (χ0n) is 14.6. The average Bonchev–Trinajstić information content (AvgIpc) is 2.53. The third kappa shape index (κ3) is 13.9. The Bertz CT molecular complexity index is 259. The van der Waals surface area contributed by atoms with Gasteiger partial charge in [0.15, 0.2) is 5.17 Å². The van der Waals surface area contributed by atoms with Crippen LogP contribution >= 0.6 is 28.7 Å². The third-order valence-corrected chi connectivity index (χ3v) is 5.14. The van der Waals surface area contributed by atoms with Crippen molar-refractivity contribution in [2.45, 2.75) is 90.4 Å². The Morgan fingerprint density at radius 2 is 1.41 bits per heavy atom. The van der Waals surface area contributed by atoms with E-state index in [1.807, 2.05) is 11.8 Å². The molecule has 132 valence electrons. The summed E-state index contributed by atoms with van der Waals surface area (Å²) in [6, 6.07) is 0. The van der Waals surface area contributed by atoms with Crippen molar-refractivity contribution in [2.75, 3.05) is 18.8 Å². The van der Waals surface area contributed by atoms with Gasteiger partial charge in [0.2, 0.25) is 0 Å². The number of halogens is 1. The molecule has 0 saturated carbocycles. The molecule has 0 aromatic rings. The molecule has 0 aromatic carbocycles. The molecule has 0 aliphatic carbocycles. The lowest BCUT2D eigenvalue weighted by atomic mass is 10.1. The van der Waals surface area contributed by atoms with Gasteiger partial charge in [0, 0.05) is 18.8 Å². The summed E-state index contributed by atoms with van der Waals surface area (Å²) in [5, 5.41) is 4.56. The van der Waals surface area contributed by atoms with Crippen LogP contribution in [0.15, 0.2) is 4.99 Å². The van der Waals surface area contributed by atoms with Crippen LogP contribution < -0.4 is 5.32 Å². The van der Waals surface area contributed by atoms with E-state index in [9.17, 15) is 0 Å². The zero-order chi connectivity index (χ0) is 15.0. The van der Waals surface area contributed by atoms with E-state index in [1.165, 1.54) is 94.4 Å². The zero-order valence-corrected chi connectivity index (χ0v) is 17.1. The van der Waals surface area contributed by atoms with Gasteiger partial charge in [-0.1, -0.05) is 89.3 Å². The molecule has 0 unspecified atom stereocenters. The Morgan fingerprint density at radius 1 is 0.864 bits per heavy atom. The first-order valence-electron chi connectivity index (χ1n) is 9.34. The molecule has 0 bridgehead atoms. The van der Waals surface area contributed by atoms with Crippen molar-refractivity contribution in [2.24, 2.45) is 4.99 Å². The first kappa shape index (κ1) is 22.3. The maximum absolute atomic E-state index is 4.49. The second kappa shape index (κ2) is 17.7. The lowest BCUT2D eigenvalue weighted by Gasteiger charge is -2.13. The fraction of sp³-hybridized carbons (Fsp3) is 0.944. The van der Waals surface area contributed by atoms with Gasteiger partial charge in [0.25, 0.3) is 0 Å². The maximum Gasteiger partial charge on any atom is 0.156 e. The Kier molecular flexibility index (Phi) is 17.9. The molecule has 1 rings (SSSR count). The fourth-order valence-electron chi connectivity index (χ4n) is 2.72. The lowest BCUT2D eigenvalue weighted by molar-refractivity contribution is 0.548. The molecule has 4 heteroatoms. The summed E-state index contributed by atoms with van der Waals surface area (Å²) in [5.41, 5.74) is 0. The molecule has 1 N–H and O–H groups in total. The van der Waals surface area contributed by atoms with Crippen LogP contribution in [0.1, 0.15) is 90.4 Å². The van der Waals surface area contributed by atoms with Crippen molar-refractivity contribution < 1.29 is 0 Å². The normalized spacial score (nSPS) is 14.1. The van der Waals surface area contributed by atoms with E-state index in [4.69, 9.17) is 0 Å². The highest BCUT2D eigenvalue weighted by Crippen LogP contribution is 2.14. The van der Waals surface area contributed by atoms with Crippen LogP contribution in [0.4, 0.5) is 0 Å². The van der Waals surface area contributed by atoms with Crippen LogP contribution in [0.2, 0.25) is 0 Å². The highest BCUT2D eigenvalue weighted by Gasteiger charge is 2.03. The molecule has 1 aliphatic rings. The molecule has 0 fully saturated rings. The summed E-state index contributed by atoms with van der Waals surface area (Å²) in [5.74, 6) is 1.24. The summed E-state index contributed by atoms with van der Waals surface area (Å²) in [6.07, 6.45) is 18.4. The molecule has 1 heterocycles. The molecule has 1 aliphatic heterocycles. The second-order valence-corrected chi connectivity index (χ2v) is 7.29. The van der Waals surface area contributed by atoms with Crippen LogP contribution in [-0.2, 0) is 0 Å². The maximum atomic E-state index is 4.49. The van der Waals surface area contributed by atoms with E-state index in [2.05, 4.69) is 17.2 Å². The van der Waals surface area contributed by atoms with E-state index in [-0.39, 0.29) is 17.0 Å². The topological polar surface area (TPSA) is 24.4 Å². The second-order valence-electron chi connectivity index (χ2n) is 6.20. The Morgan fingerprint density at radius 3 is 1.91 bits per heavy atom. The first-order chi connectivity index (χ1) is 10.4. The third-order valence-electron chi connectivity index (χ3n) is 4.10. The van der Waals surface area contributed by atoms with E-state index < -0.39 is 0 Å². The van der Waals surface area contributed by atoms with Gasteiger partial charge < -0.3 is 5.32 Å². The van der Waals surface area contributed by atoms with Gasteiger partial charge in [-0.2, -0.15) is 0 Å². The number of hydrogen-bond acceptors (Lipinski definition) is 3. The van der Waals surface area contributed by atoms with Crippen LogP contribution in [0.3, 0.4) is 0 Å². The molecule has 0 atom stereocenters. The van der Waals surface area contributed by atoms with Gasteiger partial charge in [0.1, 0.15) is 0 Å². The van der Waals surface area contributed by atoms with Gasteiger partial charge in [-0.25, -0.2) is 0 Å². The standard InChI is InChI=1S/C18H36N2S.BrH/c1-2-3-4-5-6-7-8-9-10-11-12-13-17-21-18-19-15-14-16-20-18;/h2-17H2,1H3,(H,19,20);1H. The van der Waals surface area contributed by atoms with Crippen molar-refractivity contribution in [1.29, 1.82) is 0 Å². The number of unbranched alkanes of at least 4 members (excludes halogenated alkanes) is 11. The average molecular weight is 393 g/mol. The number of nitrogens with one attached hydrogen (secondary N) is 1. The van der Waals surface area contributed by atoms with Gasteiger partial charge >= 0.3 is 0 Å². The lowest BCUT2D eigenvalue weighted by Crippen LogP contribution is -2.26. The molecule has 0 radical (unpaired) electrons. The number of aliphatic imine (C=N–C) groups is 1. The summed E-state index contributed by atoms with van der Waals surface area (Å²) < 4.78 is 0. The number of amidine groups is 1. The minimum Gasteiger partial charge on any atom is -0.365 e. The number of rotatable bonds is 13. The predicted molar refractivity (Wildman–Crippen MR) is 109 cm³/mol. The monoisotopic (exact) mass is 392 g/mol. The largest absolute Gasteiger partial charge is 0.365 e. The molecular formula is C18H37BrN2S. The molecule has 2 nitrogen and oxygen atoms in total. The number of hydrogen-bond donors (Lipinski definition) is 1. The smallest absolute Gasteiger partial charge is 0.156 e. The molecular weight excluding hydrogens is 356 g/mol. The highest BCUT2D eigenvalue weighted by atomic mass is 79.9. The molecule has 0 spiro atoms. The predicted octanol–water partition coefficient (Wildman–Crippen LogP) is 6.35. The summed E-state index contributed by atoms with van der Waals surface area (Å²) in [4.78, 5) is 4.49. The molecule has 0 saturated heterocycles. The highest BCUT2D eigenvalue weighted by molar-refractivity contribution is 8.93. The summed E-state index contributed by atoms with van der Waals surface area (Å²) >= 11 is 1.92. The van der Waals surface area contributed by atoms with Gasteiger partial charge in [0.05, 0.1) is 0 Å². The van der Waals surface area contributed by atoms with Crippen LogP contribution in [-0.4, -0.2) is 24.0 Å². The molecule has 0 amide bonds. The summed E-state index contributed by atoms with van der Waals surface area (Å²) in [7, 11) is 0. The Balaban J connectivity index is 0.00000441. The van der Waals surface area contributed by atoms with Gasteiger partial charge in [-0.3, -0.25) is 4.99 Å². The number of thioether (sulfide) groups is 1. The van der Waals surface area contributed by atoms with Gasteiger partial charge in [-0.15, -0.1) is 17.0 Å². The molecule has 0 aromatic heterocycles. The van der Waals surface area contributed by atoms with Crippen LogP contribution in [0, 0.1) is 0 Å². The Hall–Kier alpha value is 0.300. The van der Waals surface area contributed by atoms with Crippen molar-refractivity contribution in [3.63, 3.8) is 0 Å². The van der Waals surface area contributed by atoms with Crippen molar-refractivity contribution >= 4 is 33.9 Å². The quantitative estimate of drug-likeness (QED) is 0.369. The minimum atomic E-state index is 0. The first-order valence-corrected chi connectivity index (χ1v) is 10.3. The van der Waals surface area contributed by atoms with Gasteiger partial charge in [-0.05, 0) is 12.8 Å². The SMILES string of the molecule is Br.CCCCCCCCCCCCCCSC1=NCCCN1. The van der Waals surface area contributed by atoms with Crippen molar-refractivity contribution in [3.8, 4) is 0 Å².